The highest BCUT2D eigenvalue weighted by atomic mass is 16.2. The molecule has 0 radical (unpaired) electrons. The molecule has 1 fully saturated rings. The van der Waals surface area contributed by atoms with E-state index in [1.807, 2.05) is 37.3 Å². The fourth-order valence-corrected chi connectivity index (χ4v) is 3.56. The molecule has 0 saturated carbocycles. The van der Waals surface area contributed by atoms with E-state index in [4.69, 9.17) is 0 Å². The number of pyridine rings is 1. The van der Waals surface area contributed by atoms with Crippen molar-refractivity contribution in [1.29, 1.82) is 0 Å². The van der Waals surface area contributed by atoms with Gasteiger partial charge in [0.2, 0.25) is 0 Å². The molecule has 1 saturated heterocycles. The normalized spacial score (nSPS) is 15.0. The Bertz CT molecular complexity index is 957. The average Bonchev–Trinajstić information content (AvgIpc) is 3.12. The maximum Gasteiger partial charge on any atom is 0.273 e. The van der Waals surface area contributed by atoms with Gasteiger partial charge in [0.05, 0.1) is 16.9 Å². The van der Waals surface area contributed by atoms with E-state index in [1.54, 1.807) is 10.9 Å². The molecule has 146 valence electrons. The Labute approximate surface area is 163 Å². The van der Waals surface area contributed by atoms with E-state index < -0.39 is 0 Å². The Balaban J connectivity index is 1.42. The lowest BCUT2D eigenvalue weighted by Gasteiger charge is -2.26. The lowest BCUT2D eigenvalue weighted by molar-refractivity contribution is 0.0945. The van der Waals surface area contributed by atoms with E-state index in [0.29, 0.717) is 12.2 Å². The molecule has 1 aliphatic rings. The van der Waals surface area contributed by atoms with Crippen LogP contribution in [-0.2, 0) is 0 Å². The average molecular weight is 379 g/mol. The number of carbonyl (C=O) groups is 1. The summed E-state index contributed by atoms with van der Waals surface area (Å²) in [6.07, 6.45) is 2.69. The van der Waals surface area contributed by atoms with Crippen molar-refractivity contribution in [3.05, 3.63) is 47.9 Å². The van der Waals surface area contributed by atoms with Crippen LogP contribution in [0.25, 0.3) is 16.6 Å². The van der Waals surface area contributed by atoms with Crippen molar-refractivity contribution in [1.82, 2.24) is 35.5 Å². The maximum atomic E-state index is 12.6. The van der Waals surface area contributed by atoms with Crippen molar-refractivity contribution in [2.24, 2.45) is 0 Å². The van der Waals surface area contributed by atoms with E-state index >= 15 is 0 Å². The Hall–Kier alpha value is -2.84. The van der Waals surface area contributed by atoms with Gasteiger partial charge in [0, 0.05) is 44.3 Å². The lowest BCUT2D eigenvalue weighted by atomic mass is 10.2. The lowest BCUT2D eigenvalue weighted by Crippen LogP contribution is -2.44. The van der Waals surface area contributed by atoms with Crippen molar-refractivity contribution in [2.75, 3.05) is 39.3 Å². The highest BCUT2D eigenvalue weighted by molar-refractivity contribution is 5.93. The summed E-state index contributed by atoms with van der Waals surface area (Å²) < 4.78 is 1.71. The molecule has 0 atom stereocenters. The number of benzene rings is 1. The maximum absolute atomic E-state index is 12.6. The van der Waals surface area contributed by atoms with Gasteiger partial charge in [-0.3, -0.25) is 9.78 Å². The van der Waals surface area contributed by atoms with Gasteiger partial charge < -0.3 is 15.5 Å². The Morgan fingerprint density at radius 1 is 1.21 bits per heavy atom. The molecule has 28 heavy (non-hydrogen) atoms. The summed E-state index contributed by atoms with van der Waals surface area (Å²) in [7, 11) is 0. The molecular formula is C20H25N7O. The standard InChI is InChI=1S/C20H25N7O/c1-15-19(20(28)23-9-4-12-26-13-10-21-11-14-26)24-25-27(15)18-7-2-6-17-16(18)5-3-8-22-17/h2-3,5-8,21H,4,9-14H2,1H3,(H,23,28). The van der Waals surface area contributed by atoms with Crippen LogP contribution in [0.4, 0.5) is 0 Å². The quantitative estimate of drug-likeness (QED) is 0.625. The number of nitrogens with zero attached hydrogens (tertiary/aromatic N) is 5. The molecule has 0 unspecified atom stereocenters. The first-order valence-corrected chi connectivity index (χ1v) is 9.72. The minimum atomic E-state index is -0.178. The third-order valence-electron chi connectivity index (χ3n) is 5.11. The fourth-order valence-electron chi connectivity index (χ4n) is 3.56. The van der Waals surface area contributed by atoms with Crippen molar-refractivity contribution in [3.8, 4) is 5.69 Å². The van der Waals surface area contributed by atoms with E-state index in [9.17, 15) is 4.79 Å². The molecule has 0 aliphatic carbocycles. The summed E-state index contributed by atoms with van der Waals surface area (Å²) in [6.45, 7) is 7.72. The van der Waals surface area contributed by atoms with Gasteiger partial charge >= 0.3 is 0 Å². The van der Waals surface area contributed by atoms with Crippen LogP contribution in [-0.4, -0.2) is 70.1 Å². The van der Waals surface area contributed by atoms with Gasteiger partial charge in [-0.15, -0.1) is 5.10 Å². The Kier molecular flexibility index (Phi) is 5.59. The van der Waals surface area contributed by atoms with Crippen molar-refractivity contribution < 1.29 is 4.79 Å². The van der Waals surface area contributed by atoms with Gasteiger partial charge in [-0.1, -0.05) is 11.3 Å². The zero-order chi connectivity index (χ0) is 19.3. The number of aromatic nitrogens is 4. The smallest absolute Gasteiger partial charge is 0.273 e. The van der Waals surface area contributed by atoms with Gasteiger partial charge in [0.25, 0.3) is 5.91 Å². The summed E-state index contributed by atoms with van der Waals surface area (Å²) in [5, 5.41) is 15.6. The number of amides is 1. The highest BCUT2D eigenvalue weighted by Crippen LogP contribution is 2.21. The van der Waals surface area contributed by atoms with Gasteiger partial charge in [-0.05, 0) is 44.2 Å². The largest absolute Gasteiger partial charge is 0.351 e. The van der Waals surface area contributed by atoms with E-state index in [-0.39, 0.29) is 5.91 Å². The molecule has 1 amide bonds. The molecule has 4 rings (SSSR count). The number of hydrogen-bond acceptors (Lipinski definition) is 6. The Morgan fingerprint density at radius 2 is 2.07 bits per heavy atom. The molecule has 3 aromatic rings. The molecule has 2 N–H and O–H groups in total. The van der Waals surface area contributed by atoms with Crippen LogP contribution in [0.2, 0.25) is 0 Å². The highest BCUT2D eigenvalue weighted by Gasteiger charge is 2.18. The van der Waals surface area contributed by atoms with Gasteiger partial charge in [0.15, 0.2) is 5.69 Å². The zero-order valence-electron chi connectivity index (χ0n) is 16.1. The summed E-state index contributed by atoms with van der Waals surface area (Å²) >= 11 is 0. The molecule has 0 spiro atoms. The second-order valence-electron chi connectivity index (χ2n) is 6.98. The molecule has 0 bridgehead atoms. The molecule has 1 aromatic carbocycles. The van der Waals surface area contributed by atoms with E-state index in [0.717, 1.165) is 61.4 Å². The predicted octanol–water partition coefficient (Wildman–Crippen LogP) is 1.15. The summed E-state index contributed by atoms with van der Waals surface area (Å²) in [4.78, 5) is 19.4. The molecule has 1 aliphatic heterocycles. The van der Waals surface area contributed by atoms with Gasteiger partial charge in [-0.25, -0.2) is 4.68 Å². The summed E-state index contributed by atoms with van der Waals surface area (Å²) in [6, 6.07) is 9.73. The summed E-state index contributed by atoms with van der Waals surface area (Å²) in [5.41, 5.74) is 2.83. The second-order valence-corrected chi connectivity index (χ2v) is 6.98. The van der Waals surface area contributed by atoms with Crippen LogP contribution in [0.1, 0.15) is 22.6 Å². The SMILES string of the molecule is Cc1c(C(=O)NCCCN2CCNCC2)nnn1-c1cccc2ncccc12. The number of fused-ring (bicyclic) bond motifs is 1. The van der Waals surface area contributed by atoms with Crippen molar-refractivity contribution in [2.45, 2.75) is 13.3 Å². The third-order valence-corrected chi connectivity index (χ3v) is 5.11. The number of carbonyl (C=O) groups excluding carboxylic acids is 1. The Morgan fingerprint density at radius 3 is 2.93 bits per heavy atom. The first kappa shape index (κ1) is 18.5. The van der Waals surface area contributed by atoms with Gasteiger partial charge in [0.1, 0.15) is 0 Å². The van der Waals surface area contributed by atoms with Crippen molar-refractivity contribution in [3.63, 3.8) is 0 Å². The zero-order valence-corrected chi connectivity index (χ0v) is 16.1. The van der Waals surface area contributed by atoms with Crippen molar-refractivity contribution >= 4 is 16.8 Å². The van der Waals surface area contributed by atoms with Crippen LogP contribution in [0, 0.1) is 6.92 Å². The number of hydrogen-bond donors (Lipinski definition) is 2. The first-order chi connectivity index (χ1) is 13.7. The second kappa shape index (κ2) is 8.45. The van der Waals surface area contributed by atoms with Crippen LogP contribution < -0.4 is 10.6 Å². The predicted molar refractivity (Wildman–Crippen MR) is 108 cm³/mol. The first-order valence-electron chi connectivity index (χ1n) is 9.72. The minimum absolute atomic E-state index is 0.178. The monoisotopic (exact) mass is 379 g/mol. The molecule has 8 heteroatoms. The number of piperazine rings is 1. The number of nitrogens with one attached hydrogen (secondary N) is 2. The van der Waals surface area contributed by atoms with Gasteiger partial charge in [-0.2, -0.15) is 0 Å². The summed E-state index contributed by atoms with van der Waals surface area (Å²) in [5.74, 6) is -0.178. The topological polar surface area (TPSA) is 88.0 Å². The molecule has 2 aromatic heterocycles. The molecule has 8 nitrogen and oxygen atoms in total. The van der Waals surface area contributed by atoms with E-state index in [2.05, 4.69) is 30.8 Å². The van der Waals surface area contributed by atoms with Crippen LogP contribution in [0.3, 0.4) is 0 Å². The van der Waals surface area contributed by atoms with Crippen LogP contribution >= 0.6 is 0 Å². The van der Waals surface area contributed by atoms with Crippen LogP contribution in [0.5, 0.6) is 0 Å². The minimum Gasteiger partial charge on any atom is -0.351 e. The fraction of sp³-hybridized carbons (Fsp3) is 0.400. The molecule has 3 heterocycles. The number of rotatable bonds is 6. The van der Waals surface area contributed by atoms with E-state index in [1.165, 1.54) is 0 Å². The third kappa shape index (κ3) is 3.88. The van der Waals surface area contributed by atoms with Crippen LogP contribution in [0.15, 0.2) is 36.5 Å². The molecular weight excluding hydrogens is 354 g/mol.